The van der Waals surface area contributed by atoms with E-state index in [0.29, 0.717) is 0 Å². The van der Waals surface area contributed by atoms with Gasteiger partial charge in [-0.05, 0) is 27.7 Å². The van der Waals surface area contributed by atoms with Crippen LogP contribution in [0.15, 0.2) is 17.5 Å². The summed E-state index contributed by atoms with van der Waals surface area (Å²) in [4.78, 5) is 0. The van der Waals surface area contributed by atoms with Crippen LogP contribution < -0.4 is 5.43 Å². The van der Waals surface area contributed by atoms with Crippen molar-refractivity contribution in [2.24, 2.45) is 5.10 Å². The molecule has 1 aromatic heterocycles. The molecule has 13 heavy (non-hydrogen) atoms. The van der Waals surface area contributed by atoms with Crippen molar-refractivity contribution < 1.29 is 0 Å². The Morgan fingerprint density at radius 2 is 2.23 bits per heavy atom. The molecule has 0 radical (unpaired) electrons. The van der Waals surface area contributed by atoms with Crippen LogP contribution in [0.1, 0.15) is 33.3 Å². The first-order chi connectivity index (χ1) is 5.99. The van der Waals surface area contributed by atoms with Gasteiger partial charge in [0.2, 0.25) is 0 Å². The summed E-state index contributed by atoms with van der Waals surface area (Å²) in [5.41, 5.74) is 5.01. The lowest BCUT2D eigenvalue weighted by molar-refractivity contribution is 0.441. The van der Waals surface area contributed by atoms with E-state index in [2.05, 4.69) is 41.5 Å². The number of nitrogens with zero attached hydrogens (tertiary/aromatic N) is 2. The molecule has 2 N–H and O–H groups in total. The molecule has 0 fully saturated rings. The number of H-pyrrole nitrogens is 1. The molecule has 0 aliphatic heterocycles. The van der Waals surface area contributed by atoms with Gasteiger partial charge < -0.3 is 5.43 Å². The number of hydrogen-bond acceptors (Lipinski definition) is 3. The van der Waals surface area contributed by atoms with Crippen LogP contribution in [0, 0.1) is 0 Å². The Labute approximate surface area is 78.4 Å². The molecule has 0 unspecified atom stereocenters. The SMILES string of the molecule is C/C(=N\NC(C)(C)C)c1cn[nH]c1. The zero-order chi connectivity index (χ0) is 9.90. The molecule has 1 aromatic rings. The van der Waals surface area contributed by atoms with Gasteiger partial charge >= 0.3 is 0 Å². The molecule has 0 aliphatic rings. The summed E-state index contributed by atoms with van der Waals surface area (Å²) < 4.78 is 0. The molecule has 0 bridgehead atoms. The number of aromatic nitrogens is 2. The van der Waals surface area contributed by atoms with Crippen molar-refractivity contribution in [1.29, 1.82) is 0 Å². The van der Waals surface area contributed by atoms with Gasteiger partial charge in [0.25, 0.3) is 0 Å². The van der Waals surface area contributed by atoms with Gasteiger partial charge in [-0.2, -0.15) is 10.2 Å². The summed E-state index contributed by atoms with van der Waals surface area (Å²) in [6.07, 6.45) is 3.58. The Kier molecular flexibility index (Phi) is 2.70. The second-order valence-corrected chi connectivity index (χ2v) is 4.05. The van der Waals surface area contributed by atoms with Crippen LogP contribution in [0.3, 0.4) is 0 Å². The largest absolute Gasteiger partial charge is 0.305 e. The molecule has 0 amide bonds. The van der Waals surface area contributed by atoms with E-state index in [9.17, 15) is 0 Å². The van der Waals surface area contributed by atoms with Crippen molar-refractivity contribution in [1.82, 2.24) is 15.6 Å². The summed E-state index contributed by atoms with van der Waals surface area (Å²) in [6.45, 7) is 8.15. The Morgan fingerprint density at radius 1 is 1.54 bits per heavy atom. The molecule has 0 saturated heterocycles. The van der Waals surface area contributed by atoms with Crippen molar-refractivity contribution in [2.75, 3.05) is 0 Å². The van der Waals surface area contributed by atoms with Gasteiger partial charge in [0, 0.05) is 17.3 Å². The first-order valence-electron chi connectivity index (χ1n) is 4.30. The number of aromatic amines is 1. The van der Waals surface area contributed by atoms with E-state index >= 15 is 0 Å². The lowest BCUT2D eigenvalue weighted by Gasteiger charge is -2.17. The van der Waals surface area contributed by atoms with Crippen molar-refractivity contribution in [3.63, 3.8) is 0 Å². The molecule has 0 atom stereocenters. The summed E-state index contributed by atoms with van der Waals surface area (Å²) in [6, 6.07) is 0. The first kappa shape index (κ1) is 9.77. The minimum Gasteiger partial charge on any atom is -0.305 e. The van der Waals surface area contributed by atoms with Crippen LogP contribution in [0.5, 0.6) is 0 Å². The summed E-state index contributed by atoms with van der Waals surface area (Å²) >= 11 is 0. The van der Waals surface area contributed by atoms with Crippen LogP contribution in [0.4, 0.5) is 0 Å². The fourth-order valence-corrected chi connectivity index (χ4v) is 0.765. The van der Waals surface area contributed by atoms with Gasteiger partial charge in [-0.3, -0.25) is 5.10 Å². The Bertz CT molecular complexity index is 279. The highest BCUT2D eigenvalue weighted by Gasteiger charge is 2.07. The van der Waals surface area contributed by atoms with Crippen LogP contribution in [0.2, 0.25) is 0 Å². The maximum atomic E-state index is 4.24. The lowest BCUT2D eigenvalue weighted by Crippen LogP contribution is -2.32. The zero-order valence-electron chi connectivity index (χ0n) is 8.55. The number of hydrogen-bond donors (Lipinski definition) is 2. The molecular weight excluding hydrogens is 164 g/mol. The van der Waals surface area contributed by atoms with Crippen LogP contribution >= 0.6 is 0 Å². The summed E-state index contributed by atoms with van der Waals surface area (Å²) in [7, 11) is 0. The predicted molar refractivity (Wildman–Crippen MR) is 53.7 cm³/mol. The molecule has 0 aromatic carbocycles. The van der Waals surface area contributed by atoms with Crippen LogP contribution in [0.25, 0.3) is 0 Å². The second-order valence-electron chi connectivity index (χ2n) is 4.05. The van der Waals surface area contributed by atoms with E-state index < -0.39 is 0 Å². The van der Waals surface area contributed by atoms with E-state index in [1.165, 1.54) is 0 Å². The van der Waals surface area contributed by atoms with E-state index in [-0.39, 0.29) is 5.54 Å². The van der Waals surface area contributed by atoms with E-state index in [4.69, 9.17) is 0 Å². The number of hydrazone groups is 1. The minimum absolute atomic E-state index is 0.00496. The number of rotatable bonds is 2. The zero-order valence-corrected chi connectivity index (χ0v) is 8.55. The first-order valence-corrected chi connectivity index (χ1v) is 4.30. The highest BCUT2D eigenvalue weighted by molar-refractivity contribution is 5.98. The highest BCUT2D eigenvalue weighted by atomic mass is 15.3. The van der Waals surface area contributed by atoms with Crippen LogP contribution in [-0.2, 0) is 0 Å². The van der Waals surface area contributed by atoms with Crippen LogP contribution in [-0.4, -0.2) is 21.4 Å². The monoisotopic (exact) mass is 180 g/mol. The normalized spacial score (nSPS) is 13.1. The maximum Gasteiger partial charge on any atom is 0.0675 e. The average Bonchev–Trinajstić information content (AvgIpc) is 2.50. The average molecular weight is 180 g/mol. The van der Waals surface area contributed by atoms with Gasteiger partial charge in [0.05, 0.1) is 11.9 Å². The van der Waals surface area contributed by atoms with E-state index in [1.54, 1.807) is 6.20 Å². The van der Waals surface area contributed by atoms with Crippen molar-refractivity contribution in [3.05, 3.63) is 18.0 Å². The third-order valence-electron chi connectivity index (χ3n) is 1.48. The molecule has 0 aliphatic carbocycles. The Balaban J connectivity index is 2.63. The van der Waals surface area contributed by atoms with Gasteiger partial charge in [0.15, 0.2) is 0 Å². The van der Waals surface area contributed by atoms with E-state index in [1.807, 2.05) is 13.1 Å². The molecule has 0 saturated carbocycles. The molecule has 72 valence electrons. The third kappa shape index (κ3) is 3.27. The van der Waals surface area contributed by atoms with Gasteiger partial charge in [-0.1, -0.05) is 0 Å². The summed E-state index contributed by atoms with van der Waals surface area (Å²) in [5, 5.41) is 10.8. The van der Waals surface area contributed by atoms with Crippen molar-refractivity contribution >= 4 is 5.71 Å². The smallest absolute Gasteiger partial charge is 0.0675 e. The topological polar surface area (TPSA) is 53.1 Å². The summed E-state index contributed by atoms with van der Waals surface area (Å²) in [5.74, 6) is 0. The van der Waals surface area contributed by atoms with Gasteiger partial charge in [0.1, 0.15) is 0 Å². The fraction of sp³-hybridized carbons (Fsp3) is 0.556. The second kappa shape index (κ2) is 3.60. The number of nitrogens with one attached hydrogen (secondary N) is 2. The third-order valence-corrected chi connectivity index (χ3v) is 1.48. The quantitative estimate of drug-likeness (QED) is 0.535. The Morgan fingerprint density at radius 3 is 2.69 bits per heavy atom. The molecule has 0 spiro atoms. The van der Waals surface area contributed by atoms with Gasteiger partial charge in [-0.15, -0.1) is 0 Å². The molecule has 4 nitrogen and oxygen atoms in total. The van der Waals surface area contributed by atoms with Crippen molar-refractivity contribution in [3.8, 4) is 0 Å². The van der Waals surface area contributed by atoms with Crippen molar-refractivity contribution in [2.45, 2.75) is 33.2 Å². The van der Waals surface area contributed by atoms with Gasteiger partial charge in [-0.25, -0.2) is 0 Å². The standard InChI is InChI=1S/C9H16N4/c1-7(8-5-10-11-6-8)12-13-9(2,3)4/h5-6,13H,1-4H3,(H,10,11)/b12-7+. The molecule has 1 rings (SSSR count). The molecular formula is C9H16N4. The fourth-order valence-electron chi connectivity index (χ4n) is 0.765. The minimum atomic E-state index is 0.00496. The van der Waals surface area contributed by atoms with E-state index in [0.717, 1.165) is 11.3 Å². The Hall–Kier alpha value is -1.32. The maximum absolute atomic E-state index is 4.24. The predicted octanol–water partition coefficient (Wildman–Crippen LogP) is 1.52. The lowest BCUT2D eigenvalue weighted by atomic mass is 10.1. The molecule has 1 heterocycles. The highest BCUT2D eigenvalue weighted by Crippen LogP contribution is 2.00. The molecule has 4 heteroatoms.